The van der Waals surface area contributed by atoms with E-state index in [4.69, 9.17) is 42.1 Å². The minimum Gasteiger partial charge on any atom is -0.490 e. The molecule has 4 aliphatic carbocycles. The van der Waals surface area contributed by atoms with Gasteiger partial charge in [-0.15, -0.1) is 0 Å². The maximum Gasteiger partial charge on any atom is 0.264 e. The Balaban J connectivity index is 0.000000188. The van der Waals surface area contributed by atoms with Crippen LogP contribution in [-0.2, 0) is 53.2 Å². The molecule has 0 radical (unpaired) electrons. The van der Waals surface area contributed by atoms with E-state index in [1.54, 1.807) is 78.3 Å². The number of aryl methyl sites for hydroxylation is 2. The Morgan fingerprint density at radius 1 is 0.598 bits per heavy atom. The van der Waals surface area contributed by atoms with Crippen molar-refractivity contribution >= 4 is 66.4 Å². The number of carbonyl (C=O) groups excluding carboxylic acids is 2. The smallest absolute Gasteiger partial charge is 0.264 e. The summed E-state index contributed by atoms with van der Waals surface area (Å²) in [6.07, 6.45) is 18.7. The number of sulfonamides is 2. The summed E-state index contributed by atoms with van der Waals surface area (Å²) in [6, 6.07) is 22.9. The van der Waals surface area contributed by atoms with Crippen LogP contribution in [0.3, 0.4) is 0 Å². The number of halogens is 2. The average molecular weight is 1340 g/mol. The molecule has 2 saturated carbocycles. The number of benzene rings is 4. The van der Waals surface area contributed by atoms with Crippen molar-refractivity contribution in [1.82, 2.24) is 9.44 Å². The number of rotatable bonds is 6. The third kappa shape index (κ3) is 13.7. The van der Waals surface area contributed by atoms with Gasteiger partial charge in [-0.3, -0.25) is 9.59 Å². The average Bonchev–Trinajstić information content (AvgIpc) is 1.53. The minimum absolute atomic E-state index is 0.153. The van der Waals surface area contributed by atoms with E-state index in [0.29, 0.717) is 76.6 Å². The number of methoxy groups -OCH3 is 2. The summed E-state index contributed by atoms with van der Waals surface area (Å²) in [6.45, 7) is 14.4. The molecule has 4 aromatic carbocycles. The van der Waals surface area contributed by atoms with Gasteiger partial charge in [-0.1, -0.05) is 73.5 Å². The number of hydrogen-bond acceptors (Lipinski definition) is 14. The molecule has 20 heteroatoms. The first-order valence-corrected chi connectivity index (χ1v) is 37.1. The summed E-state index contributed by atoms with van der Waals surface area (Å²) < 4.78 is 84.0. The van der Waals surface area contributed by atoms with Crippen LogP contribution < -0.4 is 28.7 Å². The lowest BCUT2D eigenvalue weighted by Crippen LogP contribution is -2.54. The molecule has 4 aromatic rings. The Labute approximate surface area is 555 Å². The first-order valence-electron chi connectivity index (χ1n) is 33.3. The number of allylic oxidation sites excluding steroid dienone is 2. The SMILES string of the molecule is CO[C@@]1(C[C@@H](C)O)/C=C/C[C@H](C)[C@@H](C)S(=O)(=O)NC(=O)c2ccc3c(c2)N(C[C@@H]2CC[C@H]21)C[C@@]1(CCCc2cc(Cl)ccc21)CO3.CO[C@@]1(C[C@H](C)O)/C=C/C[C@H](C)[C@@H](C)S(=O)(=O)NC(=O)c2ccc3c(c2)N(C[C@@H]2CC[C@H]21)C[C@@]1(CCCc2cc(Cl)ccc21)CO3. The van der Waals surface area contributed by atoms with Crippen LogP contribution >= 0.6 is 23.2 Å². The van der Waals surface area contributed by atoms with E-state index in [9.17, 15) is 36.6 Å². The number of aliphatic hydroxyl groups excluding tert-OH is 2. The van der Waals surface area contributed by atoms with Gasteiger partial charge in [0, 0.05) is 85.2 Å². The lowest BCUT2D eigenvalue weighted by molar-refractivity contribution is -0.0963. The fourth-order valence-electron chi connectivity index (χ4n) is 16.7. The first kappa shape index (κ1) is 68.2. The Bertz CT molecular complexity index is 3460. The zero-order valence-electron chi connectivity index (χ0n) is 54.6. The predicted molar refractivity (Wildman–Crippen MR) is 362 cm³/mol. The largest absolute Gasteiger partial charge is 0.490 e. The second-order valence-corrected chi connectivity index (χ2v) is 33.4. The predicted octanol–water partition coefficient (Wildman–Crippen LogP) is 12.1. The molecule has 4 heterocycles. The van der Waals surface area contributed by atoms with Gasteiger partial charge in [-0.05, 0) is 223 Å². The van der Waals surface area contributed by atoms with E-state index >= 15 is 0 Å². The van der Waals surface area contributed by atoms with Crippen molar-refractivity contribution in [3.05, 3.63) is 141 Å². The normalized spacial score (nSPS) is 33.8. The van der Waals surface area contributed by atoms with Crippen molar-refractivity contribution in [1.29, 1.82) is 0 Å². The molecular formula is C72H94Cl2N4O12S2. The monoisotopic (exact) mass is 1340 g/mol. The highest BCUT2D eigenvalue weighted by Crippen LogP contribution is 2.53. The van der Waals surface area contributed by atoms with E-state index in [-0.39, 0.29) is 57.5 Å². The van der Waals surface area contributed by atoms with Crippen LogP contribution in [0.1, 0.15) is 162 Å². The maximum atomic E-state index is 13.5. The number of fused-ring (bicyclic) bond motifs is 8. The van der Waals surface area contributed by atoms with E-state index in [2.05, 4.69) is 55.7 Å². The molecule has 2 amide bonds. The lowest BCUT2D eigenvalue weighted by atomic mass is 9.62. The molecule has 2 fully saturated rings. The van der Waals surface area contributed by atoms with Crippen LogP contribution in [0.4, 0.5) is 11.4 Å². The molecule has 0 aromatic heterocycles. The Kier molecular flexibility index (Phi) is 20.1. The van der Waals surface area contributed by atoms with Crippen LogP contribution in [0.2, 0.25) is 10.0 Å². The van der Waals surface area contributed by atoms with Gasteiger partial charge >= 0.3 is 0 Å². The van der Waals surface area contributed by atoms with Crippen LogP contribution in [0.15, 0.2) is 97.1 Å². The summed E-state index contributed by atoms with van der Waals surface area (Å²) in [5.41, 5.74) is 5.18. The van der Waals surface area contributed by atoms with Crippen molar-refractivity contribution in [2.75, 3.05) is 63.4 Å². The van der Waals surface area contributed by atoms with E-state index in [1.165, 1.54) is 22.3 Å². The first-order chi connectivity index (χ1) is 43.7. The molecule has 500 valence electrons. The molecule has 14 atom stereocenters. The van der Waals surface area contributed by atoms with Crippen molar-refractivity contribution in [2.45, 2.75) is 176 Å². The van der Waals surface area contributed by atoms with Crippen LogP contribution in [0.5, 0.6) is 11.5 Å². The zero-order valence-corrected chi connectivity index (χ0v) is 57.7. The van der Waals surface area contributed by atoms with Crippen molar-refractivity contribution in [3.8, 4) is 11.5 Å². The van der Waals surface area contributed by atoms with Crippen LogP contribution in [0.25, 0.3) is 0 Å². The number of nitrogens with zero attached hydrogens (tertiary/aromatic N) is 2. The topological polar surface area (TPSA) is 210 Å². The number of carbonyl (C=O) groups is 2. The summed E-state index contributed by atoms with van der Waals surface area (Å²) >= 11 is 12.9. The summed E-state index contributed by atoms with van der Waals surface area (Å²) in [5.74, 6) is 0.400. The van der Waals surface area contributed by atoms with Gasteiger partial charge in [0.25, 0.3) is 11.8 Å². The highest BCUT2D eigenvalue weighted by molar-refractivity contribution is 7.91. The third-order valence-corrected chi connectivity index (χ3v) is 26.8. The quantitative estimate of drug-likeness (QED) is 0.132. The van der Waals surface area contributed by atoms with E-state index in [1.807, 2.05) is 38.1 Å². The molecule has 4 aliphatic heterocycles. The molecular weight excluding hydrogens is 1250 g/mol. The Morgan fingerprint density at radius 2 is 1.00 bits per heavy atom. The van der Waals surface area contributed by atoms with Gasteiger partial charge in [0.2, 0.25) is 20.0 Å². The number of amides is 2. The molecule has 4 N–H and O–H groups in total. The van der Waals surface area contributed by atoms with Crippen molar-refractivity contribution in [3.63, 3.8) is 0 Å². The fraction of sp³-hybridized carbons (Fsp3) is 0.583. The second kappa shape index (κ2) is 27.1. The molecule has 92 heavy (non-hydrogen) atoms. The number of ether oxygens (including phenoxy) is 4. The van der Waals surface area contributed by atoms with Crippen molar-refractivity contribution in [2.24, 2.45) is 35.5 Å². The van der Waals surface area contributed by atoms with Gasteiger partial charge < -0.3 is 39.0 Å². The molecule has 12 rings (SSSR count). The van der Waals surface area contributed by atoms with Gasteiger partial charge in [-0.25, -0.2) is 26.3 Å². The molecule has 4 bridgehead atoms. The van der Waals surface area contributed by atoms with Gasteiger partial charge in [0.1, 0.15) is 11.5 Å². The number of nitrogens with one attached hydrogen (secondary N) is 2. The van der Waals surface area contributed by atoms with Gasteiger partial charge in [-0.2, -0.15) is 0 Å². The number of anilines is 2. The molecule has 16 nitrogen and oxygen atoms in total. The number of hydrogen-bond donors (Lipinski definition) is 4. The highest BCUT2D eigenvalue weighted by atomic mass is 35.5. The van der Waals surface area contributed by atoms with Crippen molar-refractivity contribution < 1.29 is 55.6 Å². The minimum atomic E-state index is -3.96. The molecule has 0 unspecified atom stereocenters. The van der Waals surface area contributed by atoms with Crippen LogP contribution in [-0.4, -0.2) is 126 Å². The summed E-state index contributed by atoms with van der Waals surface area (Å²) in [4.78, 5) is 31.7. The molecule has 2 spiro atoms. The molecule has 8 aliphatic rings. The van der Waals surface area contributed by atoms with Gasteiger partial charge in [0.15, 0.2) is 0 Å². The zero-order chi connectivity index (χ0) is 65.7. The number of aliphatic hydroxyl groups is 2. The van der Waals surface area contributed by atoms with E-state index in [0.717, 1.165) is 85.6 Å². The van der Waals surface area contributed by atoms with Crippen LogP contribution in [0, 0.1) is 35.5 Å². The third-order valence-electron chi connectivity index (χ3n) is 22.5. The standard InChI is InChI=1S/2C36H47ClN2O6S/c2*1-23-7-5-16-36(44-4,19-24(2)40)31-12-9-28(31)20-39-21-35(15-6-8-26-17-29(37)11-13-30(26)35)22-45-33-14-10-27(18-32(33)39)34(41)38-46(42,43)25(23)3/h2*5,10-11,13-14,16-18,23-25,28,31,40H,6-9,12,15,19-22H2,1-4H3,(H,38,41)/b2*16-5+/t23-,24+,25+,28-,31+,35-,36+;23-,24-,25+,28-,31+,35-,36+/m00/s1. The molecule has 0 saturated heterocycles. The summed E-state index contributed by atoms with van der Waals surface area (Å²) in [7, 11) is -4.49. The fourth-order valence-corrected chi connectivity index (χ4v) is 19.6. The maximum absolute atomic E-state index is 13.5. The van der Waals surface area contributed by atoms with E-state index < -0.39 is 65.8 Å². The summed E-state index contributed by atoms with van der Waals surface area (Å²) in [5, 5.41) is 21.1. The van der Waals surface area contributed by atoms with Gasteiger partial charge in [0.05, 0.1) is 58.5 Å². The second-order valence-electron chi connectivity index (χ2n) is 28.5. The lowest BCUT2D eigenvalue weighted by Gasteiger charge is -2.51. The Hall–Kier alpha value is -5.18. The highest BCUT2D eigenvalue weighted by Gasteiger charge is 2.52. The Morgan fingerprint density at radius 3 is 1.36 bits per heavy atom.